The molecule has 0 radical (unpaired) electrons. The Morgan fingerprint density at radius 3 is 2.18 bits per heavy atom. The van der Waals surface area contributed by atoms with Crippen LogP contribution in [0.3, 0.4) is 0 Å². The highest BCUT2D eigenvalue weighted by atomic mass is 32.2. The Bertz CT molecular complexity index is 327. The number of rotatable bonds is 5. The van der Waals surface area contributed by atoms with Gasteiger partial charge in [-0.3, -0.25) is 0 Å². The van der Waals surface area contributed by atoms with Gasteiger partial charge in [-0.2, -0.15) is 0 Å². The zero-order valence-electron chi connectivity index (χ0n) is 11.5. The fourth-order valence-electron chi connectivity index (χ4n) is 2.01. The van der Waals surface area contributed by atoms with Crippen molar-refractivity contribution in [1.82, 2.24) is 9.62 Å². The summed E-state index contributed by atoms with van der Waals surface area (Å²) < 4.78 is 26.2. The first-order valence-electron chi connectivity index (χ1n) is 6.47. The minimum absolute atomic E-state index is 0.00875. The molecule has 0 aromatic rings. The summed E-state index contributed by atoms with van der Waals surface area (Å²) in [6.07, 6.45) is 2.47. The van der Waals surface area contributed by atoms with Gasteiger partial charge in [0.25, 0.3) is 0 Å². The van der Waals surface area contributed by atoms with E-state index in [1.54, 1.807) is 6.92 Å². The van der Waals surface area contributed by atoms with Gasteiger partial charge in [-0.15, -0.1) is 0 Å². The average Bonchev–Trinajstić information content (AvgIpc) is 2.68. The Balaban J connectivity index is 2.67. The molecule has 1 fully saturated rings. The maximum absolute atomic E-state index is 11.7. The molecule has 0 spiro atoms. The van der Waals surface area contributed by atoms with E-state index in [2.05, 4.69) is 30.4 Å². The van der Waals surface area contributed by atoms with Gasteiger partial charge in [-0.25, -0.2) is 13.1 Å². The second-order valence-corrected chi connectivity index (χ2v) is 7.99. The van der Waals surface area contributed by atoms with Crippen LogP contribution in [-0.4, -0.2) is 44.7 Å². The normalized spacial score (nSPS) is 20.7. The molecule has 1 aliphatic rings. The topological polar surface area (TPSA) is 49.4 Å². The van der Waals surface area contributed by atoms with Crippen LogP contribution in [-0.2, 0) is 10.0 Å². The Hall–Kier alpha value is -0.130. The van der Waals surface area contributed by atoms with Crippen LogP contribution in [0.4, 0.5) is 0 Å². The number of nitrogens with zero attached hydrogens (tertiary/aromatic N) is 1. The van der Waals surface area contributed by atoms with E-state index in [1.165, 1.54) is 12.8 Å². The van der Waals surface area contributed by atoms with E-state index in [-0.39, 0.29) is 17.2 Å². The van der Waals surface area contributed by atoms with Gasteiger partial charge in [0.2, 0.25) is 10.0 Å². The molecule has 1 atom stereocenters. The highest BCUT2D eigenvalue weighted by molar-refractivity contribution is 7.89. The second-order valence-electron chi connectivity index (χ2n) is 5.95. The highest BCUT2D eigenvalue weighted by Crippen LogP contribution is 2.22. The predicted octanol–water partition coefficient (Wildman–Crippen LogP) is 1.44. The van der Waals surface area contributed by atoms with Crippen LogP contribution in [0, 0.1) is 5.41 Å². The summed E-state index contributed by atoms with van der Waals surface area (Å²) in [4.78, 5) is 2.36. The van der Waals surface area contributed by atoms with Crippen LogP contribution in [0.1, 0.15) is 40.5 Å². The average molecular weight is 262 g/mol. The van der Waals surface area contributed by atoms with Gasteiger partial charge < -0.3 is 4.90 Å². The summed E-state index contributed by atoms with van der Waals surface area (Å²) in [5.41, 5.74) is -0.0508. The van der Waals surface area contributed by atoms with Crippen molar-refractivity contribution in [2.24, 2.45) is 5.41 Å². The Morgan fingerprint density at radius 2 is 1.76 bits per heavy atom. The predicted molar refractivity (Wildman–Crippen MR) is 71.5 cm³/mol. The molecule has 1 N–H and O–H groups in total. The lowest BCUT2D eigenvalue weighted by molar-refractivity contribution is 0.214. The maximum atomic E-state index is 11.7. The zero-order valence-corrected chi connectivity index (χ0v) is 12.3. The molecule has 0 unspecified atom stereocenters. The quantitative estimate of drug-likeness (QED) is 0.815. The van der Waals surface area contributed by atoms with E-state index >= 15 is 0 Å². The fraction of sp³-hybridized carbons (Fsp3) is 1.00. The first kappa shape index (κ1) is 14.9. The second kappa shape index (κ2) is 5.67. The third kappa shape index (κ3) is 4.94. The van der Waals surface area contributed by atoms with Gasteiger partial charge in [0.1, 0.15) is 0 Å². The van der Waals surface area contributed by atoms with E-state index in [1.807, 2.05) is 0 Å². The van der Waals surface area contributed by atoms with Crippen molar-refractivity contribution in [3.8, 4) is 0 Å². The lowest BCUT2D eigenvalue weighted by Gasteiger charge is -2.34. The van der Waals surface area contributed by atoms with Crippen LogP contribution in [0.5, 0.6) is 0 Å². The Kier molecular flexibility index (Phi) is 4.98. The van der Waals surface area contributed by atoms with Crippen molar-refractivity contribution in [1.29, 1.82) is 0 Å². The fourth-order valence-corrected chi connectivity index (χ4v) is 3.04. The minimum Gasteiger partial charge on any atom is -0.302 e. The third-order valence-corrected chi connectivity index (χ3v) is 4.79. The van der Waals surface area contributed by atoms with E-state index in [4.69, 9.17) is 0 Å². The van der Waals surface area contributed by atoms with E-state index in [0.717, 1.165) is 19.6 Å². The van der Waals surface area contributed by atoms with Crippen LogP contribution in [0.25, 0.3) is 0 Å². The minimum atomic E-state index is -3.12. The molecule has 102 valence electrons. The zero-order chi connectivity index (χ0) is 13.1. The summed E-state index contributed by atoms with van der Waals surface area (Å²) in [5.74, 6) is 0.152. The SMILES string of the molecule is CCS(=O)(=O)N[C@@H](CN1CCCC1)C(C)(C)C. The first-order valence-corrected chi connectivity index (χ1v) is 8.12. The van der Waals surface area contributed by atoms with Crippen LogP contribution in [0.15, 0.2) is 0 Å². The van der Waals surface area contributed by atoms with Gasteiger partial charge in [0, 0.05) is 12.6 Å². The van der Waals surface area contributed by atoms with Crippen molar-refractivity contribution < 1.29 is 8.42 Å². The van der Waals surface area contributed by atoms with Crippen molar-refractivity contribution in [2.75, 3.05) is 25.4 Å². The molecule has 0 saturated carbocycles. The number of likely N-dealkylation sites (tertiary alicyclic amines) is 1. The molecule has 4 nitrogen and oxygen atoms in total. The van der Waals surface area contributed by atoms with Gasteiger partial charge in [0.15, 0.2) is 0 Å². The molecule has 0 amide bonds. The molecule has 1 rings (SSSR count). The summed E-state index contributed by atoms with van der Waals surface area (Å²) in [6.45, 7) is 11.0. The highest BCUT2D eigenvalue weighted by Gasteiger charge is 2.30. The van der Waals surface area contributed by atoms with Crippen LogP contribution >= 0.6 is 0 Å². The van der Waals surface area contributed by atoms with E-state index < -0.39 is 10.0 Å². The molecule has 0 aromatic carbocycles. The molecule has 1 saturated heterocycles. The molecule has 17 heavy (non-hydrogen) atoms. The standard InChI is InChI=1S/C12H26N2O2S/c1-5-17(15,16)13-11(12(2,3)4)10-14-8-6-7-9-14/h11,13H,5-10H2,1-4H3/t11-/m0/s1. The first-order chi connectivity index (χ1) is 7.74. The largest absolute Gasteiger partial charge is 0.302 e. The van der Waals surface area contributed by atoms with E-state index in [9.17, 15) is 8.42 Å². The van der Waals surface area contributed by atoms with Gasteiger partial charge in [-0.05, 0) is 38.3 Å². The molecule has 0 bridgehead atoms. The maximum Gasteiger partial charge on any atom is 0.211 e. The lowest BCUT2D eigenvalue weighted by Crippen LogP contribution is -2.50. The number of sulfonamides is 1. The molecule has 0 aromatic heterocycles. The summed E-state index contributed by atoms with van der Waals surface area (Å²) in [7, 11) is -3.12. The Morgan fingerprint density at radius 1 is 1.24 bits per heavy atom. The molecule has 1 aliphatic heterocycles. The van der Waals surface area contributed by atoms with Crippen molar-refractivity contribution >= 4 is 10.0 Å². The Labute approximate surface area is 106 Å². The van der Waals surface area contributed by atoms with Gasteiger partial charge in [0.05, 0.1) is 5.75 Å². The van der Waals surface area contributed by atoms with Gasteiger partial charge in [-0.1, -0.05) is 20.8 Å². The summed E-state index contributed by atoms with van der Waals surface area (Å²) in [5, 5.41) is 0. The van der Waals surface area contributed by atoms with Crippen molar-refractivity contribution in [3.63, 3.8) is 0 Å². The smallest absolute Gasteiger partial charge is 0.211 e. The molecular weight excluding hydrogens is 236 g/mol. The van der Waals surface area contributed by atoms with E-state index in [0.29, 0.717) is 0 Å². The summed E-state index contributed by atoms with van der Waals surface area (Å²) >= 11 is 0. The number of hydrogen-bond donors (Lipinski definition) is 1. The monoisotopic (exact) mass is 262 g/mol. The number of nitrogens with one attached hydrogen (secondary N) is 1. The molecule has 0 aliphatic carbocycles. The van der Waals surface area contributed by atoms with Crippen LogP contribution < -0.4 is 4.72 Å². The lowest BCUT2D eigenvalue weighted by atomic mass is 9.87. The third-order valence-electron chi connectivity index (χ3n) is 3.39. The van der Waals surface area contributed by atoms with Crippen LogP contribution in [0.2, 0.25) is 0 Å². The molecular formula is C12H26N2O2S. The molecule has 5 heteroatoms. The van der Waals surface area contributed by atoms with Gasteiger partial charge >= 0.3 is 0 Å². The summed E-state index contributed by atoms with van der Waals surface area (Å²) in [6, 6.07) is -0.00875. The number of hydrogen-bond acceptors (Lipinski definition) is 3. The molecule has 1 heterocycles. The van der Waals surface area contributed by atoms with Crippen molar-refractivity contribution in [3.05, 3.63) is 0 Å². The van der Waals surface area contributed by atoms with Crippen molar-refractivity contribution in [2.45, 2.75) is 46.6 Å².